The van der Waals surface area contributed by atoms with E-state index in [0.29, 0.717) is 19.5 Å². The maximum Gasteiger partial charge on any atom is 0.253 e. The monoisotopic (exact) mass is 317 g/mol. The number of amides is 3. The minimum Gasteiger partial charge on any atom is -1.00 e. The molecular weight excluding hydrogens is 294 g/mol. The van der Waals surface area contributed by atoms with E-state index in [1.807, 2.05) is 0 Å². The Bertz CT molecular complexity index is 368. The summed E-state index contributed by atoms with van der Waals surface area (Å²) < 4.78 is 0. The Morgan fingerprint density at radius 1 is 1.05 bits per heavy atom. The number of imide groups is 1. The molecular formula is C14H24ClN3O3. The van der Waals surface area contributed by atoms with Gasteiger partial charge in [-0.3, -0.25) is 19.3 Å². The smallest absolute Gasteiger partial charge is 0.253 e. The lowest BCUT2D eigenvalue weighted by Crippen LogP contribution is -3.00. The second-order valence-corrected chi connectivity index (χ2v) is 4.88. The highest BCUT2D eigenvalue weighted by Crippen LogP contribution is 2.06. The van der Waals surface area contributed by atoms with Gasteiger partial charge in [0.15, 0.2) is 0 Å². The Morgan fingerprint density at radius 3 is 2.33 bits per heavy atom. The second kappa shape index (κ2) is 11.3. The average molecular weight is 318 g/mol. The van der Waals surface area contributed by atoms with Crippen molar-refractivity contribution in [2.24, 2.45) is 0 Å². The Kier molecular flexibility index (Phi) is 10.5. The third-order valence-electron chi connectivity index (χ3n) is 3.19. The molecule has 0 saturated heterocycles. The van der Waals surface area contributed by atoms with Gasteiger partial charge in [-0.25, -0.2) is 0 Å². The molecule has 6 nitrogen and oxygen atoms in total. The molecule has 120 valence electrons. The highest BCUT2D eigenvalue weighted by Gasteiger charge is 2.21. The summed E-state index contributed by atoms with van der Waals surface area (Å²) in [6, 6.07) is 0. The molecule has 0 bridgehead atoms. The van der Waals surface area contributed by atoms with E-state index in [-0.39, 0.29) is 30.1 Å². The molecule has 0 unspecified atom stereocenters. The molecule has 1 aliphatic rings. The van der Waals surface area contributed by atoms with E-state index >= 15 is 0 Å². The van der Waals surface area contributed by atoms with E-state index in [9.17, 15) is 14.4 Å². The molecule has 7 heteroatoms. The molecule has 21 heavy (non-hydrogen) atoms. The van der Waals surface area contributed by atoms with Gasteiger partial charge in [0.25, 0.3) is 11.8 Å². The van der Waals surface area contributed by atoms with Crippen LogP contribution in [0.1, 0.15) is 38.5 Å². The first kappa shape index (κ1) is 19.6. The van der Waals surface area contributed by atoms with Gasteiger partial charge in [-0.2, -0.15) is 0 Å². The number of nitrogens with one attached hydrogen (secondary N) is 1. The number of halogens is 1. The van der Waals surface area contributed by atoms with E-state index in [2.05, 4.69) is 11.1 Å². The fourth-order valence-corrected chi connectivity index (χ4v) is 2.00. The largest absolute Gasteiger partial charge is 1.00 e. The molecule has 0 spiro atoms. The van der Waals surface area contributed by atoms with Crippen LogP contribution in [0, 0.1) is 0 Å². The number of carbonyl (C=O) groups excluding carboxylic acids is 3. The molecule has 0 aromatic carbocycles. The van der Waals surface area contributed by atoms with Crippen LogP contribution in [0.15, 0.2) is 12.2 Å². The lowest BCUT2D eigenvalue weighted by atomic mass is 10.2. The minimum atomic E-state index is -0.228. The van der Waals surface area contributed by atoms with Crippen molar-refractivity contribution < 1.29 is 32.5 Å². The highest BCUT2D eigenvalue weighted by molar-refractivity contribution is 6.12. The molecule has 0 saturated carbocycles. The van der Waals surface area contributed by atoms with Gasteiger partial charge in [-0.05, 0) is 32.1 Å². The zero-order valence-electron chi connectivity index (χ0n) is 12.3. The molecule has 1 rings (SSSR count). The van der Waals surface area contributed by atoms with Crippen LogP contribution in [0.3, 0.4) is 0 Å². The molecule has 0 atom stereocenters. The Labute approximate surface area is 131 Å². The van der Waals surface area contributed by atoms with Crippen LogP contribution in [-0.4, -0.2) is 42.3 Å². The van der Waals surface area contributed by atoms with Gasteiger partial charge < -0.3 is 23.5 Å². The Hall–Kier alpha value is -1.40. The number of nitrogens with zero attached hydrogens (tertiary/aromatic N) is 1. The lowest BCUT2D eigenvalue weighted by molar-refractivity contribution is -0.368. The van der Waals surface area contributed by atoms with Gasteiger partial charge in [-0.15, -0.1) is 0 Å². The first-order chi connectivity index (χ1) is 9.65. The first-order valence-corrected chi connectivity index (χ1v) is 7.24. The summed E-state index contributed by atoms with van der Waals surface area (Å²) in [5.41, 5.74) is 3.73. The van der Waals surface area contributed by atoms with Gasteiger partial charge in [-0.1, -0.05) is 0 Å². The van der Waals surface area contributed by atoms with E-state index in [0.717, 1.165) is 38.6 Å². The van der Waals surface area contributed by atoms with Crippen molar-refractivity contribution >= 4 is 17.7 Å². The zero-order valence-corrected chi connectivity index (χ0v) is 13.0. The average Bonchev–Trinajstić information content (AvgIpc) is 2.74. The van der Waals surface area contributed by atoms with Crippen molar-refractivity contribution in [3.8, 4) is 0 Å². The van der Waals surface area contributed by atoms with Gasteiger partial charge in [0, 0.05) is 31.7 Å². The van der Waals surface area contributed by atoms with Crippen LogP contribution in [-0.2, 0) is 14.4 Å². The summed E-state index contributed by atoms with van der Waals surface area (Å²) in [6.45, 7) is 1.99. The second-order valence-electron chi connectivity index (χ2n) is 4.88. The number of hydrogen-bond acceptors (Lipinski definition) is 3. The van der Waals surface area contributed by atoms with E-state index in [4.69, 9.17) is 0 Å². The third-order valence-corrected chi connectivity index (χ3v) is 3.19. The summed E-state index contributed by atoms with van der Waals surface area (Å²) in [7, 11) is 0. The van der Waals surface area contributed by atoms with Crippen molar-refractivity contribution in [1.29, 1.82) is 0 Å². The number of unbranched alkanes of at least 4 members (excludes halogenated alkanes) is 3. The van der Waals surface area contributed by atoms with Crippen molar-refractivity contribution in [2.45, 2.75) is 38.5 Å². The van der Waals surface area contributed by atoms with Gasteiger partial charge in [0.1, 0.15) is 0 Å². The number of quaternary nitrogens is 1. The Balaban J connectivity index is 0.00000400. The van der Waals surface area contributed by atoms with Crippen LogP contribution >= 0.6 is 0 Å². The zero-order chi connectivity index (χ0) is 14.8. The molecule has 0 aromatic heterocycles. The van der Waals surface area contributed by atoms with Crippen LogP contribution in [0.5, 0.6) is 0 Å². The summed E-state index contributed by atoms with van der Waals surface area (Å²) in [5, 5.41) is 2.87. The topological polar surface area (TPSA) is 94.1 Å². The van der Waals surface area contributed by atoms with Crippen molar-refractivity contribution in [2.75, 3.05) is 19.6 Å². The molecule has 1 heterocycles. The van der Waals surface area contributed by atoms with Crippen LogP contribution in [0.4, 0.5) is 0 Å². The number of rotatable bonds is 10. The van der Waals surface area contributed by atoms with E-state index in [1.54, 1.807) is 0 Å². The minimum absolute atomic E-state index is 0. The highest BCUT2D eigenvalue weighted by atomic mass is 35.5. The fraction of sp³-hybridized carbons (Fsp3) is 0.643. The van der Waals surface area contributed by atoms with Gasteiger partial charge >= 0.3 is 0 Å². The summed E-state index contributed by atoms with van der Waals surface area (Å²) in [5.74, 6) is -0.366. The number of carbonyl (C=O) groups is 3. The predicted molar refractivity (Wildman–Crippen MR) is 74.3 cm³/mol. The van der Waals surface area contributed by atoms with Crippen LogP contribution < -0.4 is 23.5 Å². The molecule has 0 radical (unpaired) electrons. The van der Waals surface area contributed by atoms with Crippen LogP contribution in [0.25, 0.3) is 0 Å². The third kappa shape index (κ3) is 7.82. The maximum absolute atomic E-state index is 11.4. The van der Waals surface area contributed by atoms with Gasteiger partial charge in [0.05, 0.1) is 6.54 Å². The maximum atomic E-state index is 11.4. The molecule has 0 aliphatic carbocycles. The molecule has 4 N–H and O–H groups in total. The molecule has 0 aromatic rings. The van der Waals surface area contributed by atoms with Crippen molar-refractivity contribution in [3.63, 3.8) is 0 Å². The quantitative estimate of drug-likeness (QED) is 0.325. The SMILES string of the molecule is [Cl-].[NH3+]CCCCC(=O)NCCCCCN1C(=O)C=CC1=O. The standard InChI is InChI=1S/C14H23N3O3.ClH/c15-9-3-2-6-12(18)16-10-4-1-5-11-17-13(19)7-8-14(17)20;/h7-8H,1-6,9-11,15H2,(H,16,18);1H. The lowest BCUT2D eigenvalue weighted by Gasteiger charge is -2.13. The molecule has 0 fully saturated rings. The molecule has 1 aliphatic heterocycles. The van der Waals surface area contributed by atoms with E-state index in [1.165, 1.54) is 17.1 Å². The predicted octanol–water partition coefficient (Wildman–Crippen LogP) is -3.39. The van der Waals surface area contributed by atoms with Crippen molar-refractivity contribution in [3.05, 3.63) is 12.2 Å². The summed E-state index contributed by atoms with van der Waals surface area (Å²) >= 11 is 0. The first-order valence-electron chi connectivity index (χ1n) is 7.24. The molecule has 3 amide bonds. The van der Waals surface area contributed by atoms with E-state index < -0.39 is 0 Å². The fourth-order valence-electron chi connectivity index (χ4n) is 2.00. The van der Waals surface area contributed by atoms with Crippen LogP contribution in [0.2, 0.25) is 0 Å². The van der Waals surface area contributed by atoms with Crippen molar-refractivity contribution in [1.82, 2.24) is 10.2 Å². The number of hydrogen-bond donors (Lipinski definition) is 2. The summed E-state index contributed by atoms with van der Waals surface area (Å²) in [4.78, 5) is 35.2. The van der Waals surface area contributed by atoms with Gasteiger partial charge in [0.2, 0.25) is 5.91 Å². The summed E-state index contributed by atoms with van der Waals surface area (Å²) in [6.07, 6.45) is 7.57. The normalized spacial score (nSPS) is 13.5. The Morgan fingerprint density at radius 2 is 1.71 bits per heavy atom.